The van der Waals surface area contributed by atoms with E-state index in [2.05, 4.69) is 191 Å². The Hall–Kier alpha value is -7.56. The van der Waals surface area contributed by atoms with Crippen molar-refractivity contribution in [1.82, 2.24) is 4.57 Å². The highest BCUT2D eigenvalue weighted by Crippen LogP contribution is 2.41. The highest BCUT2D eigenvalue weighted by atomic mass is 16.3. The van der Waals surface area contributed by atoms with Crippen molar-refractivity contribution in [3.05, 3.63) is 194 Å². The summed E-state index contributed by atoms with van der Waals surface area (Å²) in [5, 5.41) is 9.18. The van der Waals surface area contributed by atoms with Gasteiger partial charge in [0.05, 0.1) is 11.0 Å². The minimum Gasteiger partial charge on any atom is -0.456 e. The Morgan fingerprint density at radius 1 is 0.321 bits per heavy atom. The van der Waals surface area contributed by atoms with E-state index in [9.17, 15) is 0 Å². The van der Waals surface area contributed by atoms with E-state index >= 15 is 0 Å². The molecule has 4 nitrogen and oxygen atoms in total. The van der Waals surface area contributed by atoms with Crippen LogP contribution in [0.2, 0.25) is 0 Å². The average Bonchev–Trinajstić information content (AvgIpc) is 3.91. The normalized spacial score (nSPS) is 11.9. The zero-order chi connectivity index (χ0) is 36.7. The van der Waals surface area contributed by atoms with Crippen molar-refractivity contribution in [1.29, 1.82) is 0 Å². The molecule has 4 heteroatoms. The summed E-state index contributed by atoms with van der Waals surface area (Å²) < 4.78 is 15.1. The molecule has 56 heavy (non-hydrogen) atoms. The van der Waals surface area contributed by atoms with E-state index < -0.39 is 0 Å². The molecule has 262 valence electrons. The number of hydrogen-bond acceptors (Lipinski definition) is 3. The Kier molecular flexibility index (Phi) is 6.60. The first kappa shape index (κ1) is 30.9. The second kappa shape index (κ2) is 12.0. The number of benzene rings is 9. The Bertz CT molecular complexity index is 3460. The van der Waals surface area contributed by atoms with Crippen molar-refractivity contribution in [2.24, 2.45) is 0 Å². The lowest BCUT2D eigenvalue weighted by Crippen LogP contribution is -2.09. The summed E-state index contributed by atoms with van der Waals surface area (Å²) in [6, 6.07) is 69.1. The molecule has 0 bridgehead atoms. The first-order valence-electron chi connectivity index (χ1n) is 19.0. The molecule has 0 spiro atoms. The van der Waals surface area contributed by atoms with Crippen LogP contribution in [0.15, 0.2) is 203 Å². The van der Waals surface area contributed by atoms with E-state index in [1.54, 1.807) is 0 Å². The first-order valence-corrected chi connectivity index (χ1v) is 19.0. The van der Waals surface area contributed by atoms with Crippen LogP contribution in [0.1, 0.15) is 0 Å². The molecule has 3 heterocycles. The second-order valence-electron chi connectivity index (χ2n) is 14.6. The van der Waals surface area contributed by atoms with Crippen LogP contribution >= 0.6 is 0 Å². The molecule has 3 aromatic heterocycles. The van der Waals surface area contributed by atoms with Crippen LogP contribution in [-0.2, 0) is 0 Å². The number of nitrogens with zero attached hydrogens (tertiary/aromatic N) is 2. The van der Waals surface area contributed by atoms with E-state index in [0.29, 0.717) is 0 Å². The van der Waals surface area contributed by atoms with E-state index in [0.717, 1.165) is 88.5 Å². The summed E-state index contributed by atoms with van der Waals surface area (Å²) in [6.45, 7) is 0. The molecular weight excluding hydrogens is 685 g/mol. The average molecular weight is 717 g/mol. The maximum absolute atomic E-state index is 6.54. The molecule has 0 N–H and O–H groups in total. The lowest BCUT2D eigenvalue weighted by molar-refractivity contribution is 0.668. The van der Waals surface area contributed by atoms with E-state index in [1.165, 1.54) is 21.8 Å². The summed E-state index contributed by atoms with van der Waals surface area (Å²) in [5.74, 6) is 0. The third kappa shape index (κ3) is 4.73. The van der Waals surface area contributed by atoms with Crippen LogP contribution in [0.25, 0.3) is 93.3 Å². The molecule has 12 rings (SSSR count). The Morgan fingerprint density at radius 3 is 1.64 bits per heavy atom. The van der Waals surface area contributed by atoms with Crippen molar-refractivity contribution in [3.8, 4) is 16.8 Å². The van der Waals surface area contributed by atoms with Crippen molar-refractivity contribution in [3.63, 3.8) is 0 Å². The van der Waals surface area contributed by atoms with Gasteiger partial charge in [0.2, 0.25) is 0 Å². The smallest absolute Gasteiger partial charge is 0.136 e. The molecule has 0 radical (unpaired) electrons. The second-order valence-corrected chi connectivity index (χ2v) is 14.6. The van der Waals surface area contributed by atoms with Crippen molar-refractivity contribution in [2.75, 3.05) is 4.90 Å². The molecule has 0 aliphatic heterocycles. The summed E-state index contributed by atoms with van der Waals surface area (Å²) in [7, 11) is 0. The fourth-order valence-corrected chi connectivity index (χ4v) is 8.70. The van der Waals surface area contributed by atoms with Gasteiger partial charge in [0.15, 0.2) is 0 Å². The molecule has 12 aromatic rings. The molecule has 0 aliphatic carbocycles. The lowest BCUT2D eigenvalue weighted by Gasteiger charge is -2.26. The minimum absolute atomic E-state index is 0.875. The van der Waals surface area contributed by atoms with Gasteiger partial charge in [-0.3, -0.25) is 0 Å². The maximum atomic E-state index is 6.54. The van der Waals surface area contributed by atoms with Crippen LogP contribution in [-0.4, -0.2) is 4.57 Å². The number of rotatable bonds is 5. The van der Waals surface area contributed by atoms with Gasteiger partial charge in [-0.15, -0.1) is 0 Å². The van der Waals surface area contributed by atoms with Crippen LogP contribution < -0.4 is 4.90 Å². The number of furan rings is 2. The Balaban J connectivity index is 0.933. The molecule has 0 aliphatic rings. The monoisotopic (exact) mass is 716 g/mol. The standard InChI is InChI=1S/C52H32N2O2/c1-3-11-37(12-4-1)53(40-24-26-48-44(32-40)41-15-7-9-17-47(41)54(48)38-13-5-2-6-14-38)39-22-19-33(20-23-39)34-21-25-43-46-28-36-30-51-45(42-16-8-10-18-49(42)55-51)27-35(36)31-52(46)56-50(43)29-34/h1-32H. The van der Waals surface area contributed by atoms with Gasteiger partial charge >= 0.3 is 0 Å². The Labute approximate surface area is 321 Å². The highest BCUT2D eigenvalue weighted by Gasteiger charge is 2.18. The zero-order valence-corrected chi connectivity index (χ0v) is 30.2. The number of aromatic nitrogens is 1. The highest BCUT2D eigenvalue weighted by molar-refractivity contribution is 6.15. The predicted octanol–water partition coefficient (Wildman–Crippen LogP) is 14.9. The summed E-state index contributed by atoms with van der Waals surface area (Å²) in [5.41, 5.74) is 12.6. The van der Waals surface area contributed by atoms with E-state index in [-0.39, 0.29) is 0 Å². The van der Waals surface area contributed by atoms with Gasteiger partial charge in [-0.25, -0.2) is 0 Å². The van der Waals surface area contributed by atoms with Crippen molar-refractivity contribution >= 4 is 93.5 Å². The molecule has 0 fully saturated rings. The van der Waals surface area contributed by atoms with Crippen LogP contribution in [0.5, 0.6) is 0 Å². The van der Waals surface area contributed by atoms with Gasteiger partial charge in [0, 0.05) is 55.1 Å². The first-order chi connectivity index (χ1) is 27.7. The SMILES string of the molecule is c1ccc(N(c2ccc(-c3ccc4c(c3)oc3cc5cc6c(cc5cc34)oc3ccccc36)cc2)c2ccc3c(c2)c2ccccc2n3-c2ccccc2)cc1. The van der Waals surface area contributed by atoms with Gasteiger partial charge in [-0.2, -0.15) is 0 Å². The molecule has 0 saturated heterocycles. The molecule has 0 unspecified atom stereocenters. The maximum Gasteiger partial charge on any atom is 0.136 e. The predicted molar refractivity (Wildman–Crippen MR) is 233 cm³/mol. The fourth-order valence-electron chi connectivity index (χ4n) is 8.70. The summed E-state index contributed by atoms with van der Waals surface area (Å²) in [6.07, 6.45) is 0. The third-order valence-corrected chi connectivity index (χ3v) is 11.3. The van der Waals surface area contributed by atoms with Crippen molar-refractivity contribution < 1.29 is 8.83 Å². The summed E-state index contributed by atoms with van der Waals surface area (Å²) in [4.78, 5) is 2.34. The van der Waals surface area contributed by atoms with Crippen molar-refractivity contribution in [2.45, 2.75) is 0 Å². The number of anilines is 3. The molecular formula is C52H32N2O2. The lowest BCUT2D eigenvalue weighted by atomic mass is 10.0. The third-order valence-electron chi connectivity index (χ3n) is 11.3. The van der Waals surface area contributed by atoms with Gasteiger partial charge in [0.25, 0.3) is 0 Å². The fraction of sp³-hybridized carbons (Fsp3) is 0. The van der Waals surface area contributed by atoms with Gasteiger partial charge in [-0.05, 0) is 125 Å². The molecule has 0 amide bonds. The van der Waals surface area contributed by atoms with Crippen LogP contribution in [0.3, 0.4) is 0 Å². The quantitative estimate of drug-likeness (QED) is 0.178. The van der Waals surface area contributed by atoms with Gasteiger partial charge in [0.1, 0.15) is 22.3 Å². The number of para-hydroxylation sites is 4. The van der Waals surface area contributed by atoms with E-state index in [4.69, 9.17) is 8.83 Å². The summed E-state index contributed by atoms with van der Waals surface area (Å²) >= 11 is 0. The largest absolute Gasteiger partial charge is 0.456 e. The van der Waals surface area contributed by atoms with Crippen LogP contribution in [0, 0.1) is 0 Å². The molecule has 0 saturated carbocycles. The van der Waals surface area contributed by atoms with Gasteiger partial charge in [-0.1, -0.05) is 91.0 Å². The Morgan fingerprint density at radius 2 is 0.875 bits per heavy atom. The van der Waals surface area contributed by atoms with Crippen LogP contribution in [0.4, 0.5) is 17.1 Å². The number of fused-ring (bicyclic) bond motifs is 10. The zero-order valence-electron chi connectivity index (χ0n) is 30.2. The molecule has 0 atom stereocenters. The number of hydrogen-bond donors (Lipinski definition) is 0. The van der Waals surface area contributed by atoms with E-state index in [1.807, 2.05) is 12.1 Å². The topological polar surface area (TPSA) is 34.5 Å². The molecule has 9 aromatic carbocycles. The van der Waals surface area contributed by atoms with Gasteiger partial charge < -0.3 is 18.3 Å². The minimum atomic E-state index is 0.875.